The lowest BCUT2D eigenvalue weighted by molar-refractivity contribution is -0.304. The highest BCUT2D eigenvalue weighted by molar-refractivity contribution is 5.86. The van der Waals surface area contributed by atoms with Crippen LogP contribution in [0.25, 0.3) is 0 Å². The van der Waals surface area contributed by atoms with Crippen molar-refractivity contribution < 1.29 is 33.6 Å². The standard InChI is InChI=1S/C19H24O7/c1-12(2)18(22)23-11-16-9-15(25-19(3,4)26-16)10-17(21)24-14-7-5-13(20)6-8-14/h5-8,15-16,20H,1,9-11H2,2-4H3. The zero-order chi connectivity index (χ0) is 19.3. The van der Waals surface area contributed by atoms with Gasteiger partial charge in [-0.05, 0) is 45.0 Å². The molecule has 7 nitrogen and oxygen atoms in total. The van der Waals surface area contributed by atoms with E-state index < -0.39 is 29.9 Å². The van der Waals surface area contributed by atoms with E-state index in [0.29, 0.717) is 17.7 Å². The molecule has 1 N–H and O–H groups in total. The van der Waals surface area contributed by atoms with E-state index in [1.54, 1.807) is 20.8 Å². The molecular weight excluding hydrogens is 340 g/mol. The Labute approximate surface area is 152 Å². The largest absolute Gasteiger partial charge is 0.508 e. The fourth-order valence-corrected chi connectivity index (χ4v) is 2.61. The van der Waals surface area contributed by atoms with Crippen molar-refractivity contribution >= 4 is 11.9 Å². The Bertz CT molecular complexity index is 663. The van der Waals surface area contributed by atoms with Crippen LogP contribution in [0, 0.1) is 0 Å². The van der Waals surface area contributed by atoms with E-state index in [1.165, 1.54) is 24.3 Å². The smallest absolute Gasteiger partial charge is 0.333 e. The number of phenols is 1. The number of phenolic OH excluding ortho intramolecular Hbond substituents is 1. The molecule has 0 aliphatic carbocycles. The molecule has 0 aromatic heterocycles. The molecule has 26 heavy (non-hydrogen) atoms. The Hall–Kier alpha value is -2.38. The minimum Gasteiger partial charge on any atom is -0.508 e. The van der Waals surface area contributed by atoms with Crippen LogP contribution in [0.4, 0.5) is 0 Å². The molecule has 142 valence electrons. The quantitative estimate of drug-likeness (QED) is 0.471. The van der Waals surface area contributed by atoms with E-state index in [4.69, 9.17) is 18.9 Å². The summed E-state index contributed by atoms with van der Waals surface area (Å²) in [6, 6.07) is 5.87. The molecule has 1 heterocycles. The lowest BCUT2D eigenvalue weighted by Crippen LogP contribution is -2.47. The summed E-state index contributed by atoms with van der Waals surface area (Å²) < 4.78 is 21.9. The van der Waals surface area contributed by atoms with Gasteiger partial charge in [-0.1, -0.05) is 6.58 Å². The van der Waals surface area contributed by atoms with Crippen LogP contribution in [-0.4, -0.2) is 41.6 Å². The highest BCUT2D eigenvalue weighted by atomic mass is 16.7. The molecule has 1 saturated heterocycles. The maximum atomic E-state index is 12.1. The second kappa shape index (κ2) is 8.33. The number of hydrogen-bond donors (Lipinski definition) is 1. The van der Waals surface area contributed by atoms with Crippen LogP contribution < -0.4 is 4.74 Å². The Balaban J connectivity index is 1.90. The van der Waals surface area contributed by atoms with Gasteiger partial charge in [0.2, 0.25) is 0 Å². The van der Waals surface area contributed by atoms with Gasteiger partial charge in [-0.25, -0.2) is 4.79 Å². The van der Waals surface area contributed by atoms with Crippen LogP contribution in [0.15, 0.2) is 36.4 Å². The highest BCUT2D eigenvalue weighted by Crippen LogP contribution is 2.29. The fraction of sp³-hybridized carbons (Fsp3) is 0.474. The molecule has 0 radical (unpaired) electrons. The molecule has 7 heteroatoms. The first-order chi connectivity index (χ1) is 12.1. The lowest BCUT2D eigenvalue weighted by atomic mass is 10.1. The van der Waals surface area contributed by atoms with Crippen LogP contribution >= 0.6 is 0 Å². The Kier molecular flexibility index (Phi) is 6.39. The second-order valence-electron chi connectivity index (χ2n) is 6.67. The molecule has 1 aromatic carbocycles. The Morgan fingerprint density at radius 2 is 1.85 bits per heavy atom. The number of aromatic hydroxyl groups is 1. The zero-order valence-corrected chi connectivity index (χ0v) is 15.2. The van der Waals surface area contributed by atoms with Crippen LogP contribution in [0.3, 0.4) is 0 Å². The molecule has 0 saturated carbocycles. The number of hydrogen-bond acceptors (Lipinski definition) is 7. The third kappa shape index (κ3) is 6.16. The summed E-state index contributed by atoms with van der Waals surface area (Å²) in [4.78, 5) is 23.7. The molecule has 0 amide bonds. The number of esters is 2. The van der Waals surface area contributed by atoms with E-state index in [0.717, 1.165) is 0 Å². The third-order valence-corrected chi connectivity index (χ3v) is 3.64. The van der Waals surface area contributed by atoms with E-state index in [2.05, 4.69) is 6.58 Å². The first kappa shape index (κ1) is 19.9. The summed E-state index contributed by atoms with van der Waals surface area (Å²) >= 11 is 0. The van der Waals surface area contributed by atoms with Crippen molar-refractivity contribution in [2.45, 2.75) is 51.6 Å². The van der Waals surface area contributed by atoms with Crippen molar-refractivity contribution in [1.29, 1.82) is 0 Å². The summed E-state index contributed by atoms with van der Waals surface area (Å²) in [5, 5.41) is 9.25. The second-order valence-corrected chi connectivity index (χ2v) is 6.67. The van der Waals surface area contributed by atoms with Crippen LogP contribution in [0.2, 0.25) is 0 Å². The van der Waals surface area contributed by atoms with Crippen LogP contribution in [0.5, 0.6) is 11.5 Å². The van der Waals surface area contributed by atoms with E-state index in [9.17, 15) is 14.7 Å². The number of ether oxygens (including phenoxy) is 4. The third-order valence-electron chi connectivity index (χ3n) is 3.64. The fourth-order valence-electron chi connectivity index (χ4n) is 2.61. The van der Waals surface area contributed by atoms with Gasteiger partial charge in [-0.3, -0.25) is 4.79 Å². The minimum absolute atomic E-state index is 0.0264. The van der Waals surface area contributed by atoms with Crippen molar-refractivity contribution in [3.63, 3.8) is 0 Å². The van der Waals surface area contributed by atoms with Crippen LogP contribution in [-0.2, 0) is 23.8 Å². The monoisotopic (exact) mass is 364 g/mol. The normalized spacial score (nSPS) is 21.7. The summed E-state index contributed by atoms with van der Waals surface area (Å²) in [6.45, 7) is 8.62. The van der Waals surface area contributed by atoms with E-state index in [-0.39, 0.29) is 18.8 Å². The number of benzene rings is 1. The molecule has 0 bridgehead atoms. The predicted molar refractivity (Wildman–Crippen MR) is 92.6 cm³/mol. The van der Waals surface area contributed by atoms with Crippen molar-refractivity contribution in [3.8, 4) is 11.5 Å². The molecular formula is C19H24O7. The van der Waals surface area contributed by atoms with E-state index >= 15 is 0 Å². The maximum absolute atomic E-state index is 12.1. The molecule has 2 unspecified atom stereocenters. The van der Waals surface area contributed by atoms with Gasteiger partial charge in [-0.2, -0.15) is 0 Å². The zero-order valence-electron chi connectivity index (χ0n) is 15.2. The van der Waals surface area contributed by atoms with Gasteiger partial charge in [-0.15, -0.1) is 0 Å². The summed E-state index contributed by atoms with van der Waals surface area (Å²) in [5.41, 5.74) is 0.311. The number of rotatable bonds is 6. The van der Waals surface area contributed by atoms with Gasteiger partial charge in [0.05, 0.1) is 18.6 Å². The van der Waals surface area contributed by atoms with Gasteiger partial charge in [0.15, 0.2) is 5.79 Å². The van der Waals surface area contributed by atoms with E-state index in [1.807, 2.05) is 0 Å². The molecule has 1 aliphatic rings. The van der Waals surface area contributed by atoms with Crippen molar-refractivity contribution in [2.75, 3.05) is 6.61 Å². The lowest BCUT2D eigenvalue weighted by Gasteiger charge is -2.40. The topological polar surface area (TPSA) is 91.3 Å². The summed E-state index contributed by atoms with van der Waals surface area (Å²) in [5.74, 6) is -1.43. The van der Waals surface area contributed by atoms with Gasteiger partial charge >= 0.3 is 11.9 Å². The Morgan fingerprint density at radius 1 is 1.23 bits per heavy atom. The number of carbonyl (C=O) groups excluding carboxylic acids is 2. The SMILES string of the molecule is C=C(C)C(=O)OCC1CC(CC(=O)Oc2ccc(O)cc2)OC(C)(C)O1. The first-order valence-electron chi connectivity index (χ1n) is 8.32. The molecule has 1 fully saturated rings. The van der Waals surface area contributed by atoms with Crippen molar-refractivity contribution in [2.24, 2.45) is 0 Å². The average Bonchev–Trinajstić information content (AvgIpc) is 2.53. The Morgan fingerprint density at radius 3 is 2.46 bits per heavy atom. The van der Waals surface area contributed by atoms with Gasteiger partial charge in [0, 0.05) is 12.0 Å². The van der Waals surface area contributed by atoms with Crippen molar-refractivity contribution in [1.82, 2.24) is 0 Å². The number of carbonyl (C=O) groups is 2. The minimum atomic E-state index is -0.915. The molecule has 2 rings (SSSR count). The molecule has 1 aromatic rings. The first-order valence-corrected chi connectivity index (χ1v) is 8.32. The molecule has 1 aliphatic heterocycles. The van der Waals surface area contributed by atoms with Gasteiger partial charge < -0.3 is 24.1 Å². The summed E-state index contributed by atoms with van der Waals surface area (Å²) in [6.07, 6.45) is -0.415. The molecule has 0 spiro atoms. The van der Waals surface area contributed by atoms with Gasteiger partial charge in [0.25, 0.3) is 0 Å². The predicted octanol–water partition coefficient (Wildman–Crippen LogP) is 2.72. The van der Waals surface area contributed by atoms with Crippen molar-refractivity contribution in [3.05, 3.63) is 36.4 Å². The molecule has 2 atom stereocenters. The van der Waals surface area contributed by atoms with Gasteiger partial charge in [0.1, 0.15) is 18.1 Å². The maximum Gasteiger partial charge on any atom is 0.333 e. The average molecular weight is 364 g/mol. The highest BCUT2D eigenvalue weighted by Gasteiger charge is 2.37. The summed E-state index contributed by atoms with van der Waals surface area (Å²) in [7, 11) is 0. The van der Waals surface area contributed by atoms with Crippen LogP contribution in [0.1, 0.15) is 33.6 Å².